The Morgan fingerprint density at radius 3 is 2.47 bits per heavy atom. The van der Waals surface area contributed by atoms with Crippen LogP contribution in [-0.4, -0.2) is 42.2 Å². The molecule has 34 heavy (non-hydrogen) atoms. The highest BCUT2D eigenvalue weighted by molar-refractivity contribution is 6.22. The average molecular weight is 457 g/mol. The highest BCUT2D eigenvalue weighted by atomic mass is 16.5. The van der Waals surface area contributed by atoms with Crippen LogP contribution in [0.15, 0.2) is 52.9 Å². The molecule has 1 aromatic heterocycles. The number of anilines is 1. The molecule has 1 aliphatic heterocycles. The van der Waals surface area contributed by atoms with E-state index in [2.05, 4.69) is 10.1 Å². The molecule has 2 aromatic carbocycles. The van der Waals surface area contributed by atoms with Crippen molar-refractivity contribution in [1.82, 2.24) is 4.90 Å². The van der Waals surface area contributed by atoms with E-state index in [1.807, 2.05) is 36.4 Å². The second kappa shape index (κ2) is 9.03. The van der Waals surface area contributed by atoms with Crippen LogP contribution in [0.5, 0.6) is 0 Å². The molecule has 170 valence electrons. The molecule has 1 N–H and O–H groups in total. The average Bonchev–Trinajstić information content (AvgIpc) is 3.29. The van der Waals surface area contributed by atoms with Gasteiger partial charge in [0.2, 0.25) is 5.88 Å². The number of furan rings is 1. The smallest absolute Gasteiger partial charge is 0.342 e. The summed E-state index contributed by atoms with van der Waals surface area (Å²) in [4.78, 5) is 51.5. The summed E-state index contributed by atoms with van der Waals surface area (Å²) in [7, 11) is 1.17. The van der Waals surface area contributed by atoms with Gasteiger partial charge in [-0.1, -0.05) is 30.3 Å². The lowest BCUT2D eigenvalue weighted by molar-refractivity contribution is 0.0596. The van der Waals surface area contributed by atoms with E-state index in [1.54, 1.807) is 0 Å². The number of ether oxygens (including phenoxy) is 1. The number of rotatable bonds is 6. The van der Waals surface area contributed by atoms with Crippen molar-refractivity contribution in [2.24, 2.45) is 0 Å². The van der Waals surface area contributed by atoms with Crippen molar-refractivity contribution >= 4 is 29.6 Å². The van der Waals surface area contributed by atoms with E-state index in [4.69, 9.17) is 4.42 Å². The van der Waals surface area contributed by atoms with Gasteiger partial charge in [0, 0.05) is 12.1 Å². The van der Waals surface area contributed by atoms with E-state index >= 15 is 0 Å². The fourth-order valence-electron chi connectivity index (χ4n) is 3.78. The number of nitrogens with one attached hydrogen (secondary N) is 1. The van der Waals surface area contributed by atoms with Crippen LogP contribution in [0.3, 0.4) is 0 Å². The summed E-state index contributed by atoms with van der Waals surface area (Å²) in [6.45, 7) is 1.68. The van der Waals surface area contributed by atoms with Gasteiger partial charge >= 0.3 is 5.97 Å². The topological polar surface area (TPSA) is 130 Å². The summed E-state index contributed by atoms with van der Waals surface area (Å²) in [6.07, 6.45) is 0.511. The lowest BCUT2D eigenvalue weighted by Gasteiger charge is -2.13. The highest BCUT2D eigenvalue weighted by Gasteiger charge is 2.36. The minimum atomic E-state index is -0.768. The van der Waals surface area contributed by atoms with Gasteiger partial charge in [0.05, 0.1) is 18.2 Å². The largest absolute Gasteiger partial charge is 0.465 e. The Balaban J connectivity index is 1.55. The van der Waals surface area contributed by atoms with Crippen LogP contribution in [0, 0.1) is 18.3 Å². The molecule has 0 aliphatic carbocycles. The molecule has 2 heterocycles. The number of methoxy groups -OCH3 is 1. The van der Waals surface area contributed by atoms with Crippen molar-refractivity contribution in [3.05, 3.63) is 87.7 Å². The summed E-state index contributed by atoms with van der Waals surface area (Å²) in [5.74, 6) is -2.44. The number of carbonyl (C=O) groups is 4. The molecule has 3 amide bonds. The van der Waals surface area contributed by atoms with Crippen molar-refractivity contribution in [2.45, 2.75) is 13.3 Å². The van der Waals surface area contributed by atoms with Crippen molar-refractivity contribution in [3.8, 4) is 6.07 Å². The Morgan fingerprint density at radius 2 is 1.79 bits per heavy atom. The molecule has 4 rings (SSSR count). The van der Waals surface area contributed by atoms with Crippen molar-refractivity contribution < 1.29 is 28.3 Å². The van der Waals surface area contributed by atoms with Crippen LogP contribution in [0.25, 0.3) is 0 Å². The zero-order chi connectivity index (χ0) is 24.4. The van der Waals surface area contributed by atoms with Gasteiger partial charge in [-0.2, -0.15) is 5.26 Å². The van der Waals surface area contributed by atoms with E-state index in [0.717, 1.165) is 10.5 Å². The molecule has 0 radical (unpaired) electrons. The van der Waals surface area contributed by atoms with E-state index in [-0.39, 0.29) is 46.0 Å². The molecule has 3 aromatic rings. The van der Waals surface area contributed by atoms with Gasteiger partial charge in [-0.05, 0) is 37.1 Å². The number of benzene rings is 2. The Morgan fingerprint density at radius 1 is 1.09 bits per heavy atom. The fourth-order valence-corrected chi connectivity index (χ4v) is 3.78. The summed E-state index contributed by atoms with van der Waals surface area (Å²) in [5, 5.41) is 11.9. The second-order valence-corrected chi connectivity index (χ2v) is 7.55. The number of esters is 1. The first kappa shape index (κ1) is 22.5. The lowest BCUT2D eigenvalue weighted by atomic mass is 10.1. The van der Waals surface area contributed by atoms with Crippen molar-refractivity contribution in [3.63, 3.8) is 0 Å². The maximum absolute atomic E-state index is 12.9. The molecule has 1 aliphatic rings. The molecule has 9 nitrogen and oxygen atoms in total. The van der Waals surface area contributed by atoms with Gasteiger partial charge in [-0.3, -0.25) is 24.6 Å². The summed E-state index contributed by atoms with van der Waals surface area (Å²) in [5.41, 5.74) is 1.17. The monoisotopic (exact) mass is 457 g/mol. The predicted molar refractivity (Wildman–Crippen MR) is 119 cm³/mol. The number of hydrogen-bond acceptors (Lipinski definition) is 7. The maximum Gasteiger partial charge on any atom is 0.342 e. The van der Waals surface area contributed by atoms with Crippen LogP contribution in [0.1, 0.15) is 58.3 Å². The number of amides is 3. The summed E-state index contributed by atoms with van der Waals surface area (Å²) in [6, 6.07) is 15.5. The van der Waals surface area contributed by atoms with Gasteiger partial charge in [-0.25, -0.2) is 4.79 Å². The van der Waals surface area contributed by atoms with Gasteiger partial charge in [-0.15, -0.1) is 0 Å². The molecule has 0 fully saturated rings. The lowest BCUT2D eigenvalue weighted by Crippen LogP contribution is -2.31. The number of nitrogens with zero attached hydrogens (tertiary/aromatic N) is 2. The Hall–Kier alpha value is -4.71. The van der Waals surface area contributed by atoms with Crippen molar-refractivity contribution in [1.29, 1.82) is 5.26 Å². The van der Waals surface area contributed by atoms with E-state index in [9.17, 15) is 24.4 Å². The van der Waals surface area contributed by atoms with E-state index in [1.165, 1.54) is 32.2 Å². The normalized spacial score (nSPS) is 12.3. The predicted octanol–water partition coefficient (Wildman–Crippen LogP) is 3.34. The third-order valence-electron chi connectivity index (χ3n) is 5.51. The van der Waals surface area contributed by atoms with Crippen LogP contribution in [-0.2, 0) is 11.2 Å². The van der Waals surface area contributed by atoms with Crippen molar-refractivity contribution in [2.75, 3.05) is 19.0 Å². The minimum absolute atomic E-state index is 0.0796. The fraction of sp³-hybridized carbons (Fsp3) is 0.160. The van der Waals surface area contributed by atoms with Gasteiger partial charge < -0.3 is 9.15 Å². The molecule has 0 bridgehead atoms. The number of fused-ring (bicyclic) bond motifs is 1. The molecular weight excluding hydrogens is 438 g/mol. The SMILES string of the molecule is COC(=O)c1c(C)oc(NC(=O)c2ccc3c(c2)C(=O)N(CCc2ccccc2)C3=O)c1C#N. The second-order valence-electron chi connectivity index (χ2n) is 7.55. The highest BCUT2D eigenvalue weighted by Crippen LogP contribution is 2.29. The molecule has 0 saturated carbocycles. The third kappa shape index (κ3) is 3.93. The zero-order valence-electron chi connectivity index (χ0n) is 18.4. The molecular formula is C25H19N3O6. The molecule has 0 unspecified atom stereocenters. The van der Waals surface area contributed by atoms with E-state index in [0.29, 0.717) is 6.42 Å². The molecule has 0 saturated heterocycles. The van der Waals surface area contributed by atoms with Gasteiger partial charge in [0.1, 0.15) is 23.0 Å². The van der Waals surface area contributed by atoms with Crippen LogP contribution in [0.4, 0.5) is 5.88 Å². The Kier molecular flexibility index (Phi) is 5.97. The number of imide groups is 1. The van der Waals surface area contributed by atoms with Crippen LogP contribution >= 0.6 is 0 Å². The number of carbonyl (C=O) groups excluding carboxylic acids is 4. The first-order valence-corrected chi connectivity index (χ1v) is 10.3. The number of hydrogen-bond donors (Lipinski definition) is 1. The first-order valence-electron chi connectivity index (χ1n) is 10.3. The van der Waals surface area contributed by atoms with Crippen LogP contribution in [0.2, 0.25) is 0 Å². The molecule has 9 heteroatoms. The minimum Gasteiger partial charge on any atom is -0.465 e. The van der Waals surface area contributed by atoms with E-state index < -0.39 is 23.7 Å². The molecule has 0 spiro atoms. The Bertz CT molecular complexity index is 1370. The maximum atomic E-state index is 12.9. The standard InChI is InChI=1S/C25H19N3O6/c1-14-20(25(32)33-2)19(13-26)22(34-14)27-21(29)16-8-9-17-18(12-16)24(31)28(23(17)30)11-10-15-6-4-3-5-7-15/h3-9,12H,10-11H2,1-2H3,(H,27,29). The molecule has 0 atom stereocenters. The van der Waals surface area contributed by atoms with Crippen LogP contribution < -0.4 is 5.32 Å². The van der Waals surface area contributed by atoms with Gasteiger partial charge in [0.25, 0.3) is 17.7 Å². The third-order valence-corrected chi connectivity index (χ3v) is 5.51. The number of nitriles is 1. The Labute approximate surface area is 194 Å². The summed E-state index contributed by atoms with van der Waals surface area (Å²) >= 11 is 0. The quantitative estimate of drug-likeness (QED) is 0.444. The summed E-state index contributed by atoms with van der Waals surface area (Å²) < 4.78 is 10.0. The zero-order valence-corrected chi connectivity index (χ0v) is 18.4. The number of aryl methyl sites for hydroxylation is 1. The first-order chi connectivity index (χ1) is 16.3. The van der Waals surface area contributed by atoms with Gasteiger partial charge in [0.15, 0.2) is 0 Å².